The average Bonchev–Trinajstić information content (AvgIpc) is 2.16. The molecule has 0 amide bonds. The normalized spacial score (nSPS) is 16.4. The number of aromatic nitrogens is 1. The van der Waals surface area contributed by atoms with Gasteiger partial charge in [-0.25, -0.2) is 4.98 Å². The highest BCUT2D eigenvalue weighted by molar-refractivity contribution is 5.25. The van der Waals surface area contributed by atoms with Gasteiger partial charge in [0, 0.05) is 37.4 Å². The minimum atomic E-state index is 0.597. The van der Waals surface area contributed by atoms with Gasteiger partial charge in [0.15, 0.2) is 0 Å². The van der Waals surface area contributed by atoms with E-state index in [1.807, 2.05) is 12.1 Å². The van der Waals surface area contributed by atoms with E-state index in [2.05, 4.69) is 15.6 Å². The molecule has 0 atom stereocenters. The summed E-state index contributed by atoms with van der Waals surface area (Å²) >= 11 is 0. The van der Waals surface area contributed by atoms with Crippen molar-refractivity contribution < 1.29 is 4.74 Å². The van der Waals surface area contributed by atoms with Crippen LogP contribution in [0.2, 0.25) is 0 Å². The fourth-order valence-electron chi connectivity index (χ4n) is 1.43. The molecule has 0 aliphatic carbocycles. The van der Waals surface area contributed by atoms with E-state index >= 15 is 0 Å². The SMILES string of the molecule is COc1ncccc1CNC1CNC1. The molecule has 0 bridgehead atoms. The Morgan fingerprint density at radius 1 is 1.64 bits per heavy atom. The van der Waals surface area contributed by atoms with Gasteiger partial charge in [-0.15, -0.1) is 0 Å². The topological polar surface area (TPSA) is 46.2 Å². The number of nitrogens with zero attached hydrogens (tertiary/aromatic N) is 1. The summed E-state index contributed by atoms with van der Waals surface area (Å²) in [6.07, 6.45) is 1.74. The van der Waals surface area contributed by atoms with Crippen molar-refractivity contribution in [3.05, 3.63) is 23.9 Å². The zero-order chi connectivity index (χ0) is 9.80. The fraction of sp³-hybridized carbons (Fsp3) is 0.500. The van der Waals surface area contributed by atoms with Crippen LogP contribution in [0.4, 0.5) is 0 Å². The van der Waals surface area contributed by atoms with Crippen LogP contribution in [-0.2, 0) is 6.54 Å². The van der Waals surface area contributed by atoms with Gasteiger partial charge in [0.05, 0.1) is 7.11 Å². The summed E-state index contributed by atoms with van der Waals surface area (Å²) in [5.74, 6) is 0.715. The molecule has 2 rings (SSSR count). The van der Waals surface area contributed by atoms with Crippen molar-refractivity contribution in [2.75, 3.05) is 20.2 Å². The molecule has 0 aromatic carbocycles. The molecule has 1 saturated heterocycles. The molecule has 1 fully saturated rings. The van der Waals surface area contributed by atoms with Gasteiger partial charge in [-0.05, 0) is 6.07 Å². The Morgan fingerprint density at radius 2 is 2.50 bits per heavy atom. The van der Waals surface area contributed by atoms with Crippen LogP contribution in [-0.4, -0.2) is 31.2 Å². The van der Waals surface area contributed by atoms with Gasteiger partial charge < -0.3 is 15.4 Å². The van der Waals surface area contributed by atoms with Crippen LogP contribution in [0.15, 0.2) is 18.3 Å². The third-order valence-corrected chi connectivity index (χ3v) is 2.41. The zero-order valence-electron chi connectivity index (χ0n) is 8.29. The Bertz CT molecular complexity index is 299. The van der Waals surface area contributed by atoms with Crippen molar-refractivity contribution in [1.82, 2.24) is 15.6 Å². The quantitative estimate of drug-likeness (QED) is 0.714. The lowest BCUT2D eigenvalue weighted by molar-refractivity contribution is 0.355. The lowest BCUT2D eigenvalue weighted by atomic mass is 10.1. The lowest BCUT2D eigenvalue weighted by Gasteiger charge is -2.28. The van der Waals surface area contributed by atoms with E-state index in [0.717, 1.165) is 25.2 Å². The summed E-state index contributed by atoms with van der Waals surface area (Å²) in [5.41, 5.74) is 1.11. The van der Waals surface area contributed by atoms with Gasteiger partial charge in [-0.2, -0.15) is 0 Å². The smallest absolute Gasteiger partial charge is 0.217 e. The van der Waals surface area contributed by atoms with Gasteiger partial charge >= 0.3 is 0 Å². The number of ether oxygens (including phenoxy) is 1. The molecular formula is C10H15N3O. The molecule has 1 aliphatic heterocycles. The number of rotatable bonds is 4. The van der Waals surface area contributed by atoms with Crippen molar-refractivity contribution in [2.45, 2.75) is 12.6 Å². The summed E-state index contributed by atoms with van der Waals surface area (Å²) in [5, 5.41) is 6.64. The first kappa shape index (κ1) is 9.43. The molecule has 4 heteroatoms. The van der Waals surface area contributed by atoms with E-state index in [1.165, 1.54) is 0 Å². The van der Waals surface area contributed by atoms with Crippen LogP contribution in [0.1, 0.15) is 5.56 Å². The average molecular weight is 193 g/mol. The molecule has 4 nitrogen and oxygen atoms in total. The predicted octanol–water partition coefficient (Wildman–Crippen LogP) is 0.152. The zero-order valence-corrected chi connectivity index (χ0v) is 8.29. The molecule has 0 unspecified atom stereocenters. The second kappa shape index (κ2) is 4.39. The molecule has 1 aromatic rings. The highest BCUT2D eigenvalue weighted by Crippen LogP contribution is 2.13. The number of hydrogen-bond acceptors (Lipinski definition) is 4. The molecule has 1 aliphatic rings. The third kappa shape index (κ3) is 2.02. The van der Waals surface area contributed by atoms with E-state index in [-0.39, 0.29) is 0 Å². The molecule has 14 heavy (non-hydrogen) atoms. The van der Waals surface area contributed by atoms with E-state index in [1.54, 1.807) is 13.3 Å². The maximum absolute atomic E-state index is 5.16. The monoisotopic (exact) mass is 193 g/mol. The molecule has 0 spiro atoms. The summed E-state index contributed by atoms with van der Waals surface area (Å²) in [7, 11) is 1.65. The molecule has 76 valence electrons. The Balaban J connectivity index is 1.93. The minimum Gasteiger partial charge on any atom is -0.481 e. The van der Waals surface area contributed by atoms with Crippen LogP contribution < -0.4 is 15.4 Å². The molecule has 0 radical (unpaired) electrons. The van der Waals surface area contributed by atoms with Crippen LogP contribution >= 0.6 is 0 Å². The number of pyridine rings is 1. The van der Waals surface area contributed by atoms with Crippen LogP contribution in [0.25, 0.3) is 0 Å². The van der Waals surface area contributed by atoms with Gasteiger partial charge in [-0.3, -0.25) is 0 Å². The summed E-state index contributed by atoms with van der Waals surface area (Å²) in [6, 6.07) is 4.56. The minimum absolute atomic E-state index is 0.597. The van der Waals surface area contributed by atoms with E-state index in [4.69, 9.17) is 4.74 Å². The van der Waals surface area contributed by atoms with Crippen LogP contribution in [0.3, 0.4) is 0 Å². The van der Waals surface area contributed by atoms with Gasteiger partial charge in [0.2, 0.25) is 5.88 Å². The largest absolute Gasteiger partial charge is 0.481 e. The first-order chi connectivity index (χ1) is 6.90. The standard InChI is InChI=1S/C10H15N3O/c1-14-10-8(3-2-4-12-10)5-13-9-6-11-7-9/h2-4,9,11,13H,5-7H2,1H3. The fourth-order valence-corrected chi connectivity index (χ4v) is 1.43. The van der Waals surface area contributed by atoms with Gasteiger partial charge in [-0.1, -0.05) is 6.07 Å². The second-order valence-corrected chi connectivity index (χ2v) is 3.41. The first-order valence-corrected chi connectivity index (χ1v) is 4.82. The summed E-state index contributed by atoms with van der Waals surface area (Å²) in [6.45, 7) is 2.94. The molecule has 0 saturated carbocycles. The van der Waals surface area contributed by atoms with Crippen molar-refractivity contribution in [3.8, 4) is 5.88 Å². The maximum atomic E-state index is 5.16. The maximum Gasteiger partial charge on any atom is 0.217 e. The van der Waals surface area contributed by atoms with Gasteiger partial charge in [0.1, 0.15) is 0 Å². The van der Waals surface area contributed by atoms with E-state index in [0.29, 0.717) is 11.9 Å². The predicted molar refractivity (Wildman–Crippen MR) is 54.3 cm³/mol. The van der Waals surface area contributed by atoms with E-state index in [9.17, 15) is 0 Å². The second-order valence-electron chi connectivity index (χ2n) is 3.41. The van der Waals surface area contributed by atoms with Crippen LogP contribution in [0, 0.1) is 0 Å². The first-order valence-electron chi connectivity index (χ1n) is 4.82. The highest BCUT2D eigenvalue weighted by atomic mass is 16.5. The lowest BCUT2D eigenvalue weighted by Crippen LogP contribution is -2.55. The van der Waals surface area contributed by atoms with Crippen LogP contribution in [0.5, 0.6) is 5.88 Å². The summed E-state index contributed by atoms with van der Waals surface area (Å²) < 4.78 is 5.16. The summed E-state index contributed by atoms with van der Waals surface area (Å²) in [4.78, 5) is 4.14. The Labute approximate surface area is 83.7 Å². The third-order valence-electron chi connectivity index (χ3n) is 2.41. The number of hydrogen-bond donors (Lipinski definition) is 2. The molecule has 1 aromatic heterocycles. The molecule has 2 heterocycles. The molecular weight excluding hydrogens is 178 g/mol. The number of methoxy groups -OCH3 is 1. The number of nitrogens with one attached hydrogen (secondary N) is 2. The Morgan fingerprint density at radius 3 is 3.14 bits per heavy atom. The van der Waals surface area contributed by atoms with Crippen molar-refractivity contribution >= 4 is 0 Å². The van der Waals surface area contributed by atoms with E-state index < -0.39 is 0 Å². The molecule has 2 N–H and O–H groups in total. The van der Waals surface area contributed by atoms with Crippen molar-refractivity contribution in [1.29, 1.82) is 0 Å². The Kier molecular flexibility index (Phi) is 2.96. The van der Waals surface area contributed by atoms with Gasteiger partial charge in [0.25, 0.3) is 0 Å². The Hall–Kier alpha value is -1.13. The van der Waals surface area contributed by atoms with Crippen molar-refractivity contribution in [2.24, 2.45) is 0 Å². The highest BCUT2D eigenvalue weighted by Gasteiger charge is 2.15. The van der Waals surface area contributed by atoms with Crippen molar-refractivity contribution in [3.63, 3.8) is 0 Å².